The van der Waals surface area contributed by atoms with E-state index in [2.05, 4.69) is 0 Å². The molecular weight excluding hydrogens is 176 g/mol. The Morgan fingerprint density at radius 3 is 2.29 bits per heavy atom. The van der Waals surface area contributed by atoms with Gasteiger partial charge in [0.15, 0.2) is 0 Å². The largest absolute Gasteiger partial charge is 0.286 e. The van der Waals surface area contributed by atoms with Crippen molar-refractivity contribution in [2.24, 2.45) is 0 Å². The lowest BCUT2D eigenvalue weighted by Gasteiger charge is -2.04. The fraction of sp³-hybridized carbons (Fsp3) is 0. The van der Waals surface area contributed by atoms with Crippen LogP contribution in [0.5, 0.6) is 0 Å². The summed E-state index contributed by atoms with van der Waals surface area (Å²) in [5.74, 6) is 0. The normalized spacial score (nSPS) is 11.4. The molecule has 0 spiro atoms. The van der Waals surface area contributed by atoms with Crippen molar-refractivity contribution in [3.05, 3.63) is 67.3 Å². The molecule has 0 aromatic heterocycles. The molecule has 0 radical (unpaired) electrons. The van der Waals surface area contributed by atoms with Crippen molar-refractivity contribution < 1.29 is 0 Å². The molecule has 0 N–H and O–H groups in total. The highest BCUT2D eigenvalue weighted by atomic mass is 16.2. The Hall–Kier alpha value is -1.96. The molecule has 0 amide bonds. The molecule has 0 atom stereocenters. The Balaban J connectivity index is 2.79. The molecule has 3 rings (SSSR count). The molecule has 0 aliphatic heterocycles. The first kappa shape index (κ1) is 7.44. The molecule has 2 aliphatic carbocycles. The minimum atomic E-state index is -0.418. The summed E-state index contributed by atoms with van der Waals surface area (Å²) in [5, 5.41) is 3.48. The highest BCUT2D eigenvalue weighted by Crippen LogP contribution is 2.20. The number of hydrogen-bond acceptors (Lipinski definition) is 2. The predicted octanol–water partition coefficient (Wildman–Crippen LogP) is 1.16. The fourth-order valence-corrected chi connectivity index (χ4v) is 1.93. The van der Waals surface area contributed by atoms with E-state index in [9.17, 15) is 9.59 Å². The van der Waals surface area contributed by atoms with Crippen LogP contribution in [0.1, 0.15) is 0 Å². The van der Waals surface area contributed by atoms with E-state index >= 15 is 0 Å². The van der Waals surface area contributed by atoms with Gasteiger partial charge in [0.1, 0.15) is 0 Å². The molecule has 2 heteroatoms. The third-order valence-corrected chi connectivity index (χ3v) is 2.61. The molecule has 0 saturated heterocycles. The van der Waals surface area contributed by atoms with Crippen LogP contribution in [0, 0.1) is 10.4 Å². The van der Waals surface area contributed by atoms with Gasteiger partial charge in [0.25, 0.3) is 0 Å². The van der Waals surface area contributed by atoms with Crippen molar-refractivity contribution in [2.75, 3.05) is 0 Å². The van der Waals surface area contributed by atoms with Gasteiger partial charge >= 0.3 is 0 Å². The number of rotatable bonds is 0. The lowest BCUT2D eigenvalue weighted by molar-refractivity contribution is 1.38. The van der Waals surface area contributed by atoms with Crippen LogP contribution in [0.15, 0.2) is 46.0 Å². The Bertz CT molecular complexity index is 761. The van der Waals surface area contributed by atoms with E-state index in [4.69, 9.17) is 0 Å². The van der Waals surface area contributed by atoms with Crippen molar-refractivity contribution in [1.82, 2.24) is 0 Å². The van der Waals surface area contributed by atoms with Crippen LogP contribution < -0.4 is 10.9 Å². The number of hydrogen-bond donors (Lipinski definition) is 0. The second-order valence-electron chi connectivity index (χ2n) is 3.36. The van der Waals surface area contributed by atoms with Gasteiger partial charge in [-0.3, -0.25) is 9.59 Å². The van der Waals surface area contributed by atoms with Gasteiger partial charge in [-0.1, -0.05) is 24.3 Å². The van der Waals surface area contributed by atoms with Crippen molar-refractivity contribution in [1.29, 1.82) is 0 Å². The lowest BCUT2D eigenvalue weighted by Crippen LogP contribution is -2.24. The summed E-state index contributed by atoms with van der Waals surface area (Å²) >= 11 is 0. The molecule has 2 aliphatic rings. The maximum Gasteiger partial charge on any atom is 0.234 e. The van der Waals surface area contributed by atoms with Crippen molar-refractivity contribution in [3.63, 3.8) is 0 Å². The Morgan fingerprint density at radius 2 is 1.50 bits per heavy atom. The SMILES string of the molecule is O=c1ccc2c3ccccc3c=2c1=O. The van der Waals surface area contributed by atoms with Crippen LogP contribution >= 0.6 is 0 Å². The maximum atomic E-state index is 11.5. The molecule has 1 aromatic carbocycles. The number of fused-ring (bicyclic) bond motifs is 3. The van der Waals surface area contributed by atoms with Crippen molar-refractivity contribution >= 4 is 10.8 Å². The van der Waals surface area contributed by atoms with E-state index in [1.54, 1.807) is 6.07 Å². The summed E-state index contributed by atoms with van der Waals surface area (Å²) in [7, 11) is 0. The Morgan fingerprint density at radius 1 is 0.786 bits per heavy atom. The Kier molecular flexibility index (Phi) is 1.22. The van der Waals surface area contributed by atoms with Crippen LogP contribution in [-0.4, -0.2) is 0 Å². The zero-order chi connectivity index (χ0) is 9.71. The molecule has 66 valence electrons. The second-order valence-corrected chi connectivity index (χ2v) is 3.36. The maximum absolute atomic E-state index is 11.5. The predicted molar refractivity (Wildman–Crippen MR) is 54.2 cm³/mol. The minimum absolute atomic E-state index is 0.374. The van der Waals surface area contributed by atoms with Gasteiger partial charge in [-0.05, 0) is 28.1 Å². The average molecular weight is 182 g/mol. The summed E-state index contributed by atoms with van der Waals surface area (Å²) < 4.78 is 0. The molecule has 2 nitrogen and oxygen atoms in total. The van der Waals surface area contributed by atoms with Crippen LogP contribution in [0.2, 0.25) is 0 Å². The van der Waals surface area contributed by atoms with Crippen LogP contribution in [-0.2, 0) is 0 Å². The summed E-state index contributed by atoms with van der Waals surface area (Å²) in [6.45, 7) is 0. The van der Waals surface area contributed by atoms with E-state index in [0.717, 1.165) is 16.0 Å². The van der Waals surface area contributed by atoms with E-state index < -0.39 is 5.43 Å². The smallest absolute Gasteiger partial charge is 0.234 e. The first-order chi connectivity index (χ1) is 6.79. The third-order valence-electron chi connectivity index (χ3n) is 2.61. The summed E-state index contributed by atoms with van der Waals surface area (Å²) in [5.41, 5.74) is -0.792. The molecule has 0 unspecified atom stereocenters. The molecule has 0 saturated carbocycles. The topological polar surface area (TPSA) is 34.1 Å². The second kappa shape index (κ2) is 2.29. The summed E-state index contributed by atoms with van der Waals surface area (Å²) in [6, 6.07) is 10.7. The third kappa shape index (κ3) is 0.708. The zero-order valence-electron chi connectivity index (χ0n) is 7.28. The fourth-order valence-electron chi connectivity index (χ4n) is 1.93. The van der Waals surface area contributed by atoms with Crippen molar-refractivity contribution in [2.45, 2.75) is 0 Å². The molecule has 14 heavy (non-hydrogen) atoms. The van der Waals surface area contributed by atoms with Gasteiger partial charge in [-0.15, -0.1) is 0 Å². The van der Waals surface area contributed by atoms with Gasteiger partial charge in [-0.2, -0.15) is 0 Å². The van der Waals surface area contributed by atoms with Gasteiger partial charge < -0.3 is 0 Å². The van der Waals surface area contributed by atoms with Gasteiger partial charge in [-0.25, -0.2) is 0 Å². The van der Waals surface area contributed by atoms with Crippen LogP contribution in [0.3, 0.4) is 0 Å². The quantitative estimate of drug-likeness (QED) is 0.489. The van der Waals surface area contributed by atoms with E-state index in [0.29, 0.717) is 5.22 Å². The molecular formula is C12H6O2. The van der Waals surface area contributed by atoms with Gasteiger partial charge in [0, 0.05) is 5.22 Å². The number of benzene rings is 1. The highest BCUT2D eigenvalue weighted by molar-refractivity contribution is 5.89. The standard InChI is InChI=1S/C12H6O2/c13-10-6-5-9-7-3-1-2-4-8(7)11(9)12(10)14/h1-6H. The zero-order valence-corrected chi connectivity index (χ0v) is 7.28. The van der Waals surface area contributed by atoms with Crippen LogP contribution in [0.25, 0.3) is 10.8 Å². The average Bonchev–Trinajstić information content (AvgIpc) is 2.18. The lowest BCUT2D eigenvalue weighted by atomic mass is 9.98. The van der Waals surface area contributed by atoms with Crippen LogP contribution in [0.4, 0.5) is 0 Å². The summed E-state index contributed by atoms with van der Waals surface area (Å²) in [6.07, 6.45) is 0. The van der Waals surface area contributed by atoms with E-state index in [1.807, 2.05) is 24.3 Å². The molecule has 0 heterocycles. The highest BCUT2D eigenvalue weighted by Gasteiger charge is 2.09. The van der Waals surface area contributed by atoms with E-state index in [-0.39, 0.29) is 5.43 Å². The molecule has 0 bridgehead atoms. The molecule has 1 aromatic rings. The van der Waals surface area contributed by atoms with Gasteiger partial charge in [0.2, 0.25) is 10.9 Å². The first-order valence-electron chi connectivity index (χ1n) is 4.40. The van der Waals surface area contributed by atoms with E-state index in [1.165, 1.54) is 6.07 Å². The molecule has 0 fully saturated rings. The monoisotopic (exact) mass is 182 g/mol. The minimum Gasteiger partial charge on any atom is -0.286 e. The van der Waals surface area contributed by atoms with Gasteiger partial charge in [0.05, 0.1) is 0 Å². The summed E-state index contributed by atoms with van der Waals surface area (Å²) in [4.78, 5) is 22.6. The van der Waals surface area contributed by atoms with Crippen molar-refractivity contribution in [3.8, 4) is 0 Å². The first-order valence-corrected chi connectivity index (χ1v) is 4.40. The Labute approximate surface area is 78.8 Å².